The molecule has 0 unspecified atom stereocenters. The molecular weight excluding hydrogens is 408 g/mol. The minimum absolute atomic E-state index is 0.0624. The Morgan fingerprint density at radius 3 is 2.59 bits per heavy atom. The van der Waals surface area contributed by atoms with Gasteiger partial charge in [0.25, 0.3) is 0 Å². The third-order valence-electron chi connectivity index (χ3n) is 6.61. The highest BCUT2D eigenvalue weighted by Gasteiger charge is 2.42. The van der Waals surface area contributed by atoms with Crippen LogP contribution in [-0.2, 0) is 14.3 Å². The molecule has 6 rings (SSSR count). The van der Waals surface area contributed by atoms with E-state index in [-0.39, 0.29) is 24.0 Å². The number of aromatic nitrogens is 2. The first-order chi connectivity index (χ1) is 15.6. The van der Waals surface area contributed by atoms with Crippen LogP contribution in [-0.4, -0.2) is 53.7 Å². The van der Waals surface area contributed by atoms with Crippen molar-refractivity contribution in [3.8, 4) is 11.1 Å². The molecular formula is C24H26N4O4. The van der Waals surface area contributed by atoms with Crippen LogP contribution in [0.4, 0.5) is 16.2 Å². The zero-order chi connectivity index (χ0) is 21.8. The number of anilines is 2. The lowest BCUT2D eigenvalue weighted by Gasteiger charge is -2.42. The van der Waals surface area contributed by atoms with Crippen molar-refractivity contribution < 1.29 is 19.1 Å². The first-order valence-corrected chi connectivity index (χ1v) is 11.3. The van der Waals surface area contributed by atoms with E-state index in [9.17, 15) is 9.59 Å². The lowest BCUT2D eigenvalue weighted by atomic mass is 10.0. The molecule has 1 aromatic heterocycles. The maximum Gasteiger partial charge on any atom is 0.414 e. The molecule has 1 aromatic carbocycles. The Labute approximate surface area is 186 Å². The van der Waals surface area contributed by atoms with E-state index in [2.05, 4.69) is 17.9 Å². The second-order valence-electron chi connectivity index (χ2n) is 9.08. The van der Waals surface area contributed by atoms with Gasteiger partial charge in [-0.3, -0.25) is 14.4 Å². The molecule has 2 amide bonds. The Bertz CT molecular complexity index is 1080. The maximum atomic E-state index is 13.2. The number of fused-ring (bicyclic) bond motifs is 1. The maximum absolute atomic E-state index is 13.2. The van der Waals surface area contributed by atoms with Crippen molar-refractivity contribution >= 4 is 23.4 Å². The van der Waals surface area contributed by atoms with Crippen LogP contribution in [0.2, 0.25) is 0 Å². The van der Waals surface area contributed by atoms with E-state index in [0.29, 0.717) is 31.5 Å². The molecule has 8 heteroatoms. The number of benzene rings is 1. The van der Waals surface area contributed by atoms with E-state index in [1.165, 1.54) is 0 Å². The number of hydrogen-bond acceptors (Lipinski definition) is 5. The molecule has 3 heterocycles. The predicted octanol–water partition coefficient (Wildman–Crippen LogP) is 3.54. The van der Waals surface area contributed by atoms with Crippen LogP contribution in [0, 0.1) is 5.92 Å². The summed E-state index contributed by atoms with van der Waals surface area (Å²) in [6.07, 6.45) is 9.17. The van der Waals surface area contributed by atoms with Gasteiger partial charge < -0.3 is 14.4 Å². The summed E-state index contributed by atoms with van der Waals surface area (Å²) in [7, 11) is 0. The largest absolute Gasteiger partial charge is 0.441 e. The highest BCUT2D eigenvalue weighted by molar-refractivity contribution is 6.05. The van der Waals surface area contributed by atoms with E-state index in [0.717, 1.165) is 42.5 Å². The van der Waals surface area contributed by atoms with Crippen molar-refractivity contribution in [2.24, 2.45) is 5.92 Å². The molecule has 166 valence electrons. The van der Waals surface area contributed by atoms with E-state index in [1.54, 1.807) is 11.0 Å². The first-order valence-electron chi connectivity index (χ1n) is 11.3. The van der Waals surface area contributed by atoms with Gasteiger partial charge in [-0.1, -0.05) is 12.1 Å². The molecule has 2 saturated carbocycles. The van der Waals surface area contributed by atoms with Crippen molar-refractivity contribution in [1.82, 2.24) is 9.78 Å². The van der Waals surface area contributed by atoms with Crippen molar-refractivity contribution in [3.05, 3.63) is 43.2 Å². The zero-order valence-electron chi connectivity index (χ0n) is 17.9. The van der Waals surface area contributed by atoms with E-state index < -0.39 is 6.09 Å². The molecule has 0 N–H and O–H groups in total. The minimum atomic E-state index is -0.421. The molecule has 0 radical (unpaired) electrons. The summed E-state index contributed by atoms with van der Waals surface area (Å²) in [4.78, 5) is 29.7. The highest BCUT2D eigenvalue weighted by Crippen LogP contribution is 2.43. The highest BCUT2D eigenvalue weighted by atomic mass is 16.6. The summed E-state index contributed by atoms with van der Waals surface area (Å²) in [6, 6.07) is 6.09. The minimum Gasteiger partial charge on any atom is -0.441 e. The van der Waals surface area contributed by atoms with Crippen molar-refractivity contribution in [2.45, 2.75) is 43.9 Å². The molecule has 8 nitrogen and oxygen atoms in total. The van der Waals surface area contributed by atoms with Crippen LogP contribution in [0.1, 0.15) is 31.7 Å². The van der Waals surface area contributed by atoms with E-state index >= 15 is 0 Å². The predicted molar refractivity (Wildman–Crippen MR) is 119 cm³/mol. The Balaban J connectivity index is 1.39. The first kappa shape index (κ1) is 19.5. The molecule has 0 bridgehead atoms. The molecule has 4 aliphatic rings. The van der Waals surface area contributed by atoms with Gasteiger partial charge in [0.1, 0.15) is 0 Å². The fraction of sp³-hybridized carbons (Fsp3) is 0.458. The normalized spacial score (nSPS) is 22.8. The van der Waals surface area contributed by atoms with Crippen LogP contribution in [0.15, 0.2) is 43.2 Å². The third kappa shape index (κ3) is 3.39. The number of carbonyl (C=O) groups is 2. The van der Waals surface area contributed by atoms with Crippen LogP contribution in [0.5, 0.6) is 0 Å². The average Bonchev–Trinajstić information content (AvgIpc) is 3.72. The molecule has 3 fully saturated rings. The van der Waals surface area contributed by atoms with Crippen molar-refractivity contribution in [2.75, 3.05) is 29.6 Å². The van der Waals surface area contributed by atoms with Gasteiger partial charge in [-0.2, -0.15) is 5.10 Å². The molecule has 2 aliphatic heterocycles. The molecule has 2 aliphatic carbocycles. The van der Waals surface area contributed by atoms with Gasteiger partial charge >= 0.3 is 6.09 Å². The average molecular weight is 434 g/mol. The van der Waals surface area contributed by atoms with Crippen LogP contribution in [0.3, 0.4) is 0 Å². The van der Waals surface area contributed by atoms with Gasteiger partial charge in [0.05, 0.1) is 49.4 Å². The van der Waals surface area contributed by atoms with Gasteiger partial charge in [-0.05, 0) is 43.4 Å². The number of carbonyl (C=O) groups excluding carboxylic acids is 2. The van der Waals surface area contributed by atoms with Gasteiger partial charge in [-0.15, -0.1) is 6.58 Å². The number of nitrogens with zero attached hydrogens (tertiary/aromatic N) is 4. The molecule has 32 heavy (non-hydrogen) atoms. The van der Waals surface area contributed by atoms with Crippen LogP contribution < -0.4 is 9.80 Å². The number of amides is 2. The van der Waals surface area contributed by atoms with E-state index in [1.807, 2.05) is 34.0 Å². The van der Waals surface area contributed by atoms with Gasteiger partial charge in [-0.25, -0.2) is 4.79 Å². The SMILES string of the molecule is C=C[C@H]1CN(C(=O)OC2COC2)c2cc(-c3cnn(C4CC4)c3)ccc2N1C(=O)C1CC1. The smallest absolute Gasteiger partial charge is 0.414 e. The monoisotopic (exact) mass is 434 g/mol. The standard InChI is InChI=1S/C24H26N4O4/c1-2-18-12-26(24(30)32-20-13-31-14-20)22-9-16(17-10-25-27(11-17)19-6-7-19)5-8-21(22)28(18)23(29)15-3-4-15/h2,5,8-11,15,18-20H,1,3-4,6-7,12-14H2/t18-/m0/s1. The fourth-order valence-electron chi connectivity index (χ4n) is 4.34. The Hall–Kier alpha value is -3.13. The second kappa shape index (κ2) is 7.48. The molecule has 1 atom stereocenters. The summed E-state index contributed by atoms with van der Waals surface area (Å²) < 4.78 is 12.8. The Morgan fingerprint density at radius 1 is 1.12 bits per heavy atom. The van der Waals surface area contributed by atoms with E-state index in [4.69, 9.17) is 9.47 Å². The topological polar surface area (TPSA) is 76.9 Å². The number of hydrogen-bond donors (Lipinski definition) is 0. The lowest BCUT2D eigenvalue weighted by Crippen LogP contribution is -2.54. The molecule has 0 spiro atoms. The summed E-state index contributed by atoms with van der Waals surface area (Å²) in [6.45, 7) is 5.09. The van der Waals surface area contributed by atoms with Crippen LogP contribution >= 0.6 is 0 Å². The fourth-order valence-corrected chi connectivity index (χ4v) is 4.34. The second-order valence-corrected chi connectivity index (χ2v) is 9.08. The van der Waals surface area contributed by atoms with Crippen molar-refractivity contribution in [1.29, 1.82) is 0 Å². The summed E-state index contributed by atoms with van der Waals surface area (Å²) in [5, 5.41) is 4.50. The van der Waals surface area contributed by atoms with Crippen molar-refractivity contribution in [3.63, 3.8) is 0 Å². The van der Waals surface area contributed by atoms with Gasteiger partial charge in [0.15, 0.2) is 6.10 Å². The number of rotatable bonds is 5. The van der Waals surface area contributed by atoms with Gasteiger partial charge in [0, 0.05) is 17.7 Å². The molecule has 1 saturated heterocycles. The number of ether oxygens (including phenoxy) is 2. The Morgan fingerprint density at radius 2 is 1.94 bits per heavy atom. The summed E-state index contributed by atoms with van der Waals surface area (Å²) in [5.74, 6) is 0.165. The molecule has 2 aromatic rings. The van der Waals surface area contributed by atoms with Gasteiger partial charge in [0.2, 0.25) is 5.91 Å². The van der Waals surface area contributed by atoms with Crippen LogP contribution in [0.25, 0.3) is 11.1 Å². The zero-order valence-corrected chi connectivity index (χ0v) is 17.9. The third-order valence-corrected chi connectivity index (χ3v) is 6.61. The Kier molecular flexibility index (Phi) is 4.57. The lowest BCUT2D eigenvalue weighted by molar-refractivity contribution is -0.120. The quantitative estimate of drug-likeness (QED) is 0.673. The summed E-state index contributed by atoms with van der Waals surface area (Å²) >= 11 is 0. The summed E-state index contributed by atoms with van der Waals surface area (Å²) in [5.41, 5.74) is 3.35.